The van der Waals surface area contributed by atoms with Crippen molar-refractivity contribution >= 4 is 44.9 Å². The molecule has 0 bridgehead atoms. The Morgan fingerprint density at radius 2 is 0.726 bits per heavy atom. The summed E-state index contributed by atoms with van der Waals surface area (Å²) in [5, 5.41) is 2.82. The second-order valence-electron chi connectivity index (χ2n) is 17.9. The Morgan fingerprint density at radius 3 is 1.05 bits per heavy atom. The summed E-state index contributed by atoms with van der Waals surface area (Å²) in [6, 6.07) is 39.9. The Labute approximate surface area is 366 Å². The lowest BCUT2D eigenvalue weighted by Gasteiger charge is -2.29. The summed E-state index contributed by atoms with van der Waals surface area (Å²) in [7, 11) is 0. The molecule has 0 radical (unpaired) electrons. The van der Waals surface area contributed by atoms with Gasteiger partial charge < -0.3 is 9.80 Å². The fraction of sp³-hybridized carbons (Fsp3) is 0.250. The average Bonchev–Trinajstić information content (AvgIpc) is 3.30. The monoisotopic (exact) mass is 810 g/mol. The molecule has 6 heteroatoms. The van der Waals surface area contributed by atoms with Gasteiger partial charge >= 0.3 is 0 Å². The van der Waals surface area contributed by atoms with Gasteiger partial charge in [-0.1, -0.05) is 87.4 Å². The van der Waals surface area contributed by atoms with Gasteiger partial charge in [-0.05, 0) is 169 Å². The molecule has 0 saturated carbocycles. The molecule has 2 aliphatic carbocycles. The molecule has 0 aliphatic heterocycles. The maximum Gasteiger partial charge on any atom is 0.159 e. The quantitative estimate of drug-likeness (QED) is 0.137. The molecule has 8 aromatic rings. The lowest BCUT2D eigenvalue weighted by atomic mass is 9.76. The normalized spacial score (nSPS) is 13.2. The van der Waals surface area contributed by atoms with E-state index in [0.717, 1.165) is 84.3 Å². The summed E-state index contributed by atoms with van der Waals surface area (Å²) in [4.78, 5) is 25.1. The molecule has 10 rings (SSSR count). The fourth-order valence-electron chi connectivity index (χ4n) is 9.62. The largest absolute Gasteiger partial charge is 0.308 e. The van der Waals surface area contributed by atoms with Gasteiger partial charge in [0, 0.05) is 33.9 Å². The van der Waals surface area contributed by atoms with E-state index in [4.69, 9.17) is 19.9 Å². The average molecular weight is 811 g/mol. The van der Waals surface area contributed by atoms with E-state index in [-0.39, 0.29) is 0 Å². The van der Waals surface area contributed by atoms with Crippen molar-refractivity contribution in [2.24, 2.45) is 0 Å². The molecule has 308 valence electrons. The van der Waals surface area contributed by atoms with Crippen molar-refractivity contribution in [3.63, 3.8) is 0 Å². The second-order valence-corrected chi connectivity index (χ2v) is 17.9. The first-order valence-electron chi connectivity index (χ1n) is 22.4. The van der Waals surface area contributed by atoms with Gasteiger partial charge in [-0.15, -0.1) is 0 Å². The molecule has 0 N–H and O–H groups in total. The zero-order chi connectivity index (χ0) is 42.5. The molecule has 0 amide bonds. The molecule has 2 aromatic heterocycles. The van der Waals surface area contributed by atoms with Crippen LogP contribution in [0.25, 0.3) is 33.5 Å². The second kappa shape index (κ2) is 16.3. The van der Waals surface area contributed by atoms with E-state index in [2.05, 4.69) is 161 Å². The number of hydrogen-bond donors (Lipinski definition) is 0. The van der Waals surface area contributed by atoms with E-state index in [9.17, 15) is 0 Å². The van der Waals surface area contributed by atoms with E-state index in [1.807, 2.05) is 24.8 Å². The van der Waals surface area contributed by atoms with Crippen molar-refractivity contribution in [3.8, 4) is 22.8 Å². The number of aromatic nitrogens is 4. The van der Waals surface area contributed by atoms with Crippen LogP contribution in [0.1, 0.15) is 96.9 Å². The van der Waals surface area contributed by atoms with Crippen molar-refractivity contribution in [1.29, 1.82) is 0 Å². The Bertz CT molecular complexity index is 2680. The van der Waals surface area contributed by atoms with E-state index in [1.54, 1.807) is 0 Å². The van der Waals surface area contributed by atoms with Crippen LogP contribution < -0.4 is 9.80 Å². The predicted octanol–water partition coefficient (Wildman–Crippen LogP) is 14.5. The molecular weight excluding hydrogens is 757 g/mol. The Hall–Kier alpha value is -6.66. The predicted molar refractivity (Wildman–Crippen MR) is 257 cm³/mol. The van der Waals surface area contributed by atoms with Crippen molar-refractivity contribution in [1.82, 2.24) is 19.9 Å². The van der Waals surface area contributed by atoms with Gasteiger partial charge in [-0.25, -0.2) is 19.9 Å². The highest BCUT2D eigenvalue weighted by Crippen LogP contribution is 2.46. The van der Waals surface area contributed by atoms with Crippen LogP contribution in [-0.2, 0) is 25.7 Å². The van der Waals surface area contributed by atoms with Gasteiger partial charge in [-0.2, -0.15) is 0 Å². The van der Waals surface area contributed by atoms with E-state index >= 15 is 0 Å². The van der Waals surface area contributed by atoms with Crippen LogP contribution in [0.2, 0.25) is 0 Å². The highest BCUT2D eigenvalue weighted by Gasteiger charge is 2.28. The van der Waals surface area contributed by atoms with Crippen molar-refractivity contribution in [3.05, 3.63) is 178 Å². The van der Waals surface area contributed by atoms with Crippen LogP contribution >= 0.6 is 0 Å². The molecular formula is C56H54N6. The van der Waals surface area contributed by atoms with Crippen LogP contribution in [0.15, 0.2) is 134 Å². The van der Waals surface area contributed by atoms with Gasteiger partial charge in [0.1, 0.15) is 0 Å². The Balaban J connectivity index is 1.02. The van der Waals surface area contributed by atoms with E-state index in [0.29, 0.717) is 11.8 Å². The molecule has 0 fully saturated rings. The number of benzene rings is 6. The summed E-state index contributed by atoms with van der Waals surface area (Å²) >= 11 is 0. The molecule has 0 atom stereocenters. The third-order valence-electron chi connectivity index (χ3n) is 13.0. The van der Waals surface area contributed by atoms with Gasteiger partial charge in [0.25, 0.3) is 0 Å². The number of nitrogens with zero attached hydrogens (tertiary/aromatic N) is 6. The van der Waals surface area contributed by atoms with Crippen LogP contribution in [0, 0.1) is 13.8 Å². The summed E-state index contributed by atoms with van der Waals surface area (Å²) in [5.41, 5.74) is 19.2. The highest BCUT2D eigenvalue weighted by atomic mass is 15.2. The van der Waals surface area contributed by atoms with E-state index < -0.39 is 0 Å². The Morgan fingerprint density at radius 1 is 0.403 bits per heavy atom. The first-order chi connectivity index (χ1) is 30.2. The highest BCUT2D eigenvalue weighted by molar-refractivity contribution is 6.02. The van der Waals surface area contributed by atoms with Gasteiger partial charge in [0.2, 0.25) is 0 Å². The standard InChI is InChI=1S/C56H54N6/c1-35(2)39-17-25-45(26-18-39)61(43-21-13-37(5)14-22-43)47-31-57-55(58-32-47)51-29-41-9-8-12-50-52(30-42-10-7-11-49(51)53(42)54(41)50)56-59-33-48(34-60-56)62(44-23-15-38(6)16-24-44)46-27-19-40(20-28-46)36(3)4/h13-36H,7-12H2,1-6H3. The third-order valence-corrected chi connectivity index (χ3v) is 13.0. The third kappa shape index (κ3) is 7.31. The smallest absolute Gasteiger partial charge is 0.159 e. The molecule has 62 heavy (non-hydrogen) atoms. The lowest BCUT2D eigenvalue weighted by molar-refractivity contribution is 0.787. The van der Waals surface area contributed by atoms with Gasteiger partial charge in [-0.3, -0.25) is 0 Å². The fourth-order valence-corrected chi connectivity index (χ4v) is 9.62. The minimum absolute atomic E-state index is 0.468. The van der Waals surface area contributed by atoms with Crippen LogP contribution in [0.5, 0.6) is 0 Å². The molecule has 6 nitrogen and oxygen atoms in total. The van der Waals surface area contributed by atoms with Crippen molar-refractivity contribution in [2.45, 2.75) is 91.9 Å². The van der Waals surface area contributed by atoms with Crippen LogP contribution in [0.4, 0.5) is 34.1 Å². The zero-order valence-corrected chi connectivity index (χ0v) is 36.8. The summed E-state index contributed by atoms with van der Waals surface area (Å²) in [6.45, 7) is 13.2. The molecule has 2 aliphatic rings. The number of hydrogen-bond acceptors (Lipinski definition) is 6. The SMILES string of the molecule is Cc1ccc(N(c2ccc(C(C)C)cc2)c2cnc(-c3cc4c5c(c(-c6ncc(N(c7ccc(C)cc7)c7ccc(C(C)C)cc7)cn6)cc6c5c3CCC6)CCC4)nc2)cc1. The minimum Gasteiger partial charge on any atom is -0.308 e. The van der Waals surface area contributed by atoms with E-state index in [1.165, 1.54) is 66.4 Å². The summed E-state index contributed by atoms with van der Waals surface area (Å²) < 4.78 is 0. The van der Waals surface area contributed by atoms with Gasteiger partial charge in [0.15, 0.2) is 11.6 Å². The zero-order valence-electron chi connectivity index (χ0n) is 36.8. The number of rotatable bonds is 10. The summed E-state index contributed by atoms with van der Waals surface area (Å²) in [5.74, 6) is 2.52. The Kier molecular flexibility index (Phi) is 10.4. The molecule has 0 saturated heterocycles. The molecule has 2 heterocycles. The van der Waals surface area contributed by atoms with Crippen molar-refractivity contribution < 1.29 is 0 Å². The first kappa shape index (κ1) is 39.5. The summed E-state index contributed by atoms with van der Waals surface area (Å²) in [6.07, 6.45) is 14.3. The van der Waals surface area contributed by atoms with Crippen molar-refractivity contribution in [2.75, 3.05) is 9.80 Å². The van der Waals surface area contributed by atoms with Gasteiger partial charge in [0.05, 0.1) is 36.2 Å². The number of anilines is 6. The molecule has 0 unspecified atom stereocenters. The minimum atomic E-state index is 0.468. The molecule has 0 spiro atoms. The maximum atomic E-state index is 5.14. The molecule has 6 aromatic carbocycles. The van der Waals surface area contributed by atoms with Crippen LogP contribution in [0.3, 0.4) is 0 Å². The van der Waals surface area contributed by atoms with Crippen LogP contribution in [-0.4, -0.2) is 19.9 Å². The maximum absolute atomic E-state index is 5.14. The number of aryl methyl sites for hydroxylation is 6. The lowest BCUT2D eigenvalue weighted by Crippen LogP contribution is -2.14. The first-order valence-corrected chi connectivity index (χ1v) is 22.4. The topological polar surface area (TPSA) is 58.0 Å².